The minimum atomic E-state index is -0.676. The van der Waals surface area contributed by atoms with Crippen LogP contribution in [-0.4, -0.2) is 45.2 Å². The van der Waals surface area contributed by atoms with Crippen molar-refractivity contribution in [2.45, 2.75) is 56.5 Å². The first-order valence-electron chi connectivity index (χ1n) is 7.20. The fourth-order valence-electron chi connectivity index (χ4n) is 2.14. The van der Waals surface area contributed by atoms with E-state index >= 15 is 0 Å². The highest BCUT2D eigenvalue weighted by atomic mass is 32.2. The Labute approximate surface area is 131 Å². The van der Waals surface area contributed by atoms with Crippen LogP contribution in [-0.2, 0) is 16.6 Å². The second-order valence-corrected chi connectivity index (χ2v) is 6.88. The van der Waals surface area contributed by atoms with Crippen molar-refractivity contribution < 1.29 is 9.53 Å². The molecule has 2 atom stereocenters. The van der Waals surface area contributed by atoms with Gasteiger partial charge in [-0.3, -0.25) is 4.79 Å². The Morgan fingerprint density at radius 2 is 2.19 bits per heavy atom. The van der Waals surface area contributed by atoms with Crippen molar-refractivity contribution in [1.29, 1.82) is 0 Å². The summed E-state index contributed by atoms with van der Waals surface area (Å²) in [5, 5.41) is 12.6. The quantitative estimate of drug-likeness (QED) is 0.584. The van der Waals surface area contributed by atoms with Crippen LogP contribution < -0.4 is 5.32 Å². The average molecular weight is 314 g/mol. The lowest BCUT2D eigenvalue weighted by Gasteiger charge is -2.30. The minimum Gasteiger partial charge on any atom is -0.468 e. The summed E-state index contributed by atoms with van der Waals surface area (Å²) in [6.45, 7) is 8.76. The van der Waals surface area contributed by atoms with Crippen molar-refractivity contribution in [1.82, 2.24) is 20.1 Å². The molecule has 1 N–H and O–H groups in total. The van der Waals surface area contributed by atoms with Crippen LogP contribution in [0.3, 0.4) is 0 Å². The largest absolute Gasteiger partial charge is 0.468 e. The Kier molecular flexibility index (Phi) is 6.67. The molecular formula is C14H26N4O2S. The molecule has 0 aliphatic heterocycles. The third-order valence-electron chi connectivity index (χ3n) is 3.46. The first-order chi connectivity index (χ1) is 9.84. The van der Waals surface area contributed by atoms with Crippen molar-refractivity contribution in [3.63, 3.8) is 0 Å². The number of nitrogens with zero attached hydrogens (tertiary/aromatic N) is 3. The molecule has 0 aliphatic rings. The molecule has 0 fully saturated rings. The number of aryl methyl sites for hydroxylation is 1. The minimum absolute atomic E-state index is 0.209. The van der Waals surface area contributed by atoms with Gasteiger partial charge in [0, 0.05) is 12.3 Å². The molecule has 0 saturated carbocycles. The predicted octanol–water partition coefficient (Wildman–Crippen LogP) is 1.93. The number of aromatic nitrogens is 3. The summed E-state index contributed by atoms with van der Waals surface area (Å²) < 4.78 is 6.90. The molecule has 0 aromatic carbocycles. The normalized spacial score (nSPS) is 15.5. The van der Waals surface area contributed by atoms with Crippen LogP contribution in [0.2, 0.25) is 0 Å². The van der Waals surface area contributed by atoms with E-state index < -0.39 is 5.54 Å². The van der Waals surface area contributed by atoms with Gasteiger partial charge in [-0.05, 0) is 33.2 Å². The third-order valence-corrected chi connectivity index (χ3v) is 4.59. The van der Waals surface area contributed by atoms with E-state index in [0.717, 1.165) is 23.9 Å². The van der Waals surface area contributed by atoms with Gasteiger partial charge in [0.25, 0.3) is 0 Å². The van der Waals surface area contributed by atoms with Crippen LogP contribution in [0.15, 0.2) is 5.16 Å². The molecule has 7 heteroatoms. The zero-order chi connectivity index (χ0) is 16.0. The van der Waals surface area contributed by atoms with Gasteiger partial charge in [0.1, 0.15) is 11.4 Å². The summed E-state index contributed by atoms with van der Waals surface area (Å²) >= 11 is 1.62. The zero-order valence-corrected chi connectivity index (χ0v) is 14.6. The molecule has 0 saturated heterocycles. The molecule has 1 aromatic rings. The molecule has 1 rings (SSSR count). The van der Waals surface area contributed by atoms with E-state index in [1.807, 2.05) is 25.5 Å². The van der Waals surface area contributed by atoms with Crippen molar-refractivity contribution in [2.24, 2.45) is 7.05 Å². The van der Waals surface area contributed by atoms with Crippen LogP contribution in [0.5, 0.6) is 0 Å². The standard InChI is InChI=1S/C14H26N4O2S/c1-7-8-15-14(4,12(19)20-6)9-10(2)21-13-17-16-11(3)18(13)5/h10,15H,7-9H2,1-6H3. The first kappa shape index (κ1) is 18.0. The van der Waals surface area contributed by atoms with Gasteiger partial charge in [-0.15, -0.1) is 10.2 Å². The maximum absolute atomic E-state index is 12.1. The lowest BCUT2D eigenvalue weighted by atomic mass is 9.96. The Morgan fingerprint density at radius 3 is 2.67 bits per heavy atom. The third kappa shape index (κ3) is 4.71. The van der Waals surface area contributed by atoms with E-state index in [9.17, 15) is 4.79 Å². The van der Waals surface area contributed by atoms with Crippen molar-refractivity contribution >= 4 is 17.7 Å². The molecule has 0 bridgehead atoms. The van der Waals surface area contributed by atoms with E-state index in [1.165, 1.54) is 7.11 Å². The van der Waals surface area contributed by atoms with Gasteiger partial charge >= 0.3 is 5.97 Å². The van der Waals surface area contributed by atoms with Gasteiger partial charge in [-0.25, -0.2) is 0 Å². The van der Waals surface area contributed by atoms with Gasteiger partial charge in [-0.2, -0.15) is 0 Å². The van der Waals surface area contributed by atoms with Crippen molar-refractivity contribution in [2.75, 3.05) is 13.7 Å². The number of methoxy groups -OCH3 is 1. The van der Waals surface area contributed by atoms with Crippen LogP contribution in [0.1, 0.15) is 39.4 Å². The molecule has 0 spiro atoms. The Balaban J connectivity index is 2.73. The highest BCUT2D eigenvalue weighted by Crippen LogP contribution is 2.28. The molecule has 21 heavy (non-hydrogen) atoms. The molecule has 0 amide bonds. The highest BCUT2D eigenvalue weighted by Gasteiger charge is 2.35. The molecule has 0 radical (unpaired) electrons. The smallest absolute Gasteiger partial charge is 0.325 e. The van der Waals surface area contributed by atoms with Crippen LogP contribution in [0, 0.1) is 6.92 Å². The van der Waals surface area contributed by atoms with Crippen LogP contribution in [0.25, 0.3) is 0 Å². The second-order valence-electron chi connectivity index (χ2n) is 5.47. The van der Waals surface area contributed by atoms with E-state index in [4.69, 9.17) is 4.74 Å². The summed E-state index contributed by atoms with van der Waals surface area (Å²) in [4.78, 5) is 12.1. The maximum Gasteiger partial charge on any atom is 0.325 e. The summed E-state index contributed by atoms with van der Waals surface area (Å²) in [6, 6.07) is 0. The second kappa shape index (κ2) is 7.79. The fourth-order valence-corrected chi connectivity index (χ4v) is 3.30. The summed E-state index contributed by atoms with van der Waals surface area (Å²) in [7, 11) is 3.37. The molecule has 1 heterocycles. The highest BCUT2D eigenvalue weighted by molar-refractivity contribution is 7.99. The van der Waals surface area contributed by atoms with Crippen molar-refractivity contribution in [3.8, 4) is 0 Å². The molecule has 120 valence electrons. The molecular weight excluding hydrogens is 288 g/mol. The number of carbonyl (C=O) groups is 1. The Bertz CT molecular complexity index is 478. The van der Waals surface area contributed by atoms with E-state index in [0.29, 0.717) is 6.42 Å². The van der Waals surface area contributed by atoms with E-state index in [-0.39, 0.29) is 11.2 Å². The van der Waals surface area contributed by atoms with Gasteiger partial charge in [0.15, 0.2) is 5.16 Å². The SMILES string of the molecule is CCCNC(C)(CC(C)Sc1nnc(C)n1C)C(=O)OC. The van der Waals surface area contributed by atoms with Gasteiger partial charge in [0.05, 0.1) is 7.11 Å². The number of rotatable bonds is 8. The Hall–Kier alpha value is -1.08. The zero-order valence-electron chi connectivity index (χ0n) is 13.8. The number of hydrogen-bond acceptors (Lipinski definition) is 6. The summed E-state index contributed by atoms with van der Waals surface area (Å²) in [5.74, 6) is 0.655. The Morgan fingerprint density at radius 1 is 1.52 bits per heavy atom. The number of esters is 1. The predicted molar refractivity (Wildman–Crippen MR) is 84.4 cm³/mol. The lowest BCUT2D eigenvalue weighted by molar-refractivity contribution is -0.148. The lowest BCUT2D eigenvalue weighted by Crippen LogP contribution is -2.51. The number of carbonyl (C=O) groups excluding carboxylic acids is 1. The van der Waals surface area contributed by atoms with Crippen LogP contribution >= 0.6 is 11.8 Å². The molecule has 2 unspecified atom stereocenters. The summed E-state index contributed by atoms with van der Waals surface area (Å²) in [5.41, 5.74) is -0.676. The fraction of sp³-hybridized carbons (Fsp3) is 0.786. The molecule has 0 aliphatic carbocycles. The van der Waals surface area contributed by atoms with Gasteiger partial charge in [-0.1, -0.05) is 25.6 Å². The number of nitrogens with one attached hydrogen (secondary N) is 1. The van der Waals surface area contributed by atoms with E-state index in [1.54, 1.807) is 11.8 Å². The average Bonchev–Trinajstić information content (AvgIpc) is 2.76. The molecule has 1 aromatic heterocycles. The number of ether oxygens (including phenoxy) is 1. The van der Waals surface area contributed by atoms with Gasteiger partial charge in [0.2, 0.25) is 0 Å². The monoisotopic (exact) mass is 314 g/mol. The first-order valence-corrected chi connectivity index (χ1v) is 8.08. The number of hydrogen-bond donors (Lipinski definition) is 1. The van der Waals surface area contributed by atoms with Crippen molar-refractivity contribution in [3.05, 3.63) is 5.82 Å². The van der Waals surface area contributed by atoms with E-state index in [2.05, 4.69) is 29.4 Å². The maximum atomic E-state index is 12.1. The number of thioether (sulfide) groups is 1. The van der Waals surface area contributed by atoms with Gasteiger partial charge < -0.3 is 14.6 Å². The summed E-state index contributed by atoms with van der Waals surface area (Å²) in [6.07, 6.45) is 1.63. The van der Waals surface area contributed by atoms with Crippen LogP contribution in [0.4, 0.5) is 0 Å². The molecule has 6 nitrogen and oxygen atoms in total. The topological polar surface area (TPSA) is 69.0 Å².